The molecule has 0 bridgehead atoms. The summed E-state index contributed by atoms with van der Waals surface area (Å²) in [5.41, 5.74) is 5.39. The van der Waals surface area contributed by atoms with Crippen LogP contribution in [0.2, 0.25) is 0 Å². The van der Waals surface area contributed by atoms with Gasteiger partial charge >= 0.3 is 13.8 Å². The molecule has 0 aliphatic rings. The zero-order valence-corrected chi connectivity index (χ0v) is 40.8. The lowest BCUT2D eigenvalue weighted by Gasteiger charge is -2.20. The Labute approximate surface area is 377 Å². The summed E-state index contributed by atoms with van der Waals surface area (Å²) in [7, 11) is -4.28. The summed E-state index contributed by atoms with van der Waals surface area (Å²) in [6.07, 6.45) is 60.0. The monoisotopic (exact) mass is 880 g/mol. The second-order valence-electron chi connectivity index (χ2n) is 17.0. The van der Waals surface area contributed by atoms with Crippen LogP contribution in [0.25, 0.3) is 0 Å². The SMILES string of the molecule is CC/C=C\C/C=C\C/C=C\C/C=C\CCCCCCCCCCCOCC(COP(=O)(O)OCCN)OC(=O)CCCCCCCCCCCCCCCCCCCCCC. The highest BCUT2D eigenvalue weighted by atomic mass is 31.2. The maximum Gasteiger partial charge on any atom is 0.472 e. The van der Waals surface area contributed by atoms with Gasteiger partial charge in [-0.1, -0.05) is 229 Å². The van der Waals surface area contributed by atoms with E-state index in [4.69, 9.17) is 24.3 Å². The standard InChI is InChI=1S/C52H98NO7P/c1-3-5-7-9-11-13-15-17-19-21-23-25-26-28-30-32-34-36-38-40-42-44-47-57-49-51(50-59-61(55,56)58-48-46-53)60-52(54)45-43-41-39-37-35-33-31-29-27-24-22-20-18-16-14-12-10-8-6-4-2/h5,7,11,13,17,19,23,25,51H,3-4,6,8-10,12,14-16,18,20-22,24,26-50,53H2,1-2H3,(H,55,56)/b7-5-,13-11-,19-17-,25-23-. The van der Waals surface area contributed by atoms with Gasteiger partial charge in [-0.2, -0.15) is 0 Å². The Morgan fingerprint density at radius 1 is 0.508 bits per heavy atom. The van der Waals surface area contributed by atoms with Crippen LogP contribution in [0.5, 0.6) is 0 Å². The van der Waals surface area contributed by atoms with E-state index in [0.717, 1.165) is 57.8 Å². The Kier molecular flexibility index (Phi) is 48.2. The maximum absolute atomic E-state index is 12.7. The molecule has 0 rings (SSSR count). The minimum absolute atomic E-state index is 0.0964. The number of rotatable bonds is 49. The average molecular weight is 880 g/mol. The first kappa shape index (κ1) is 59.5. The van der Waals surface area contributed by atoms with Crippen molar-refractivity contribution in [1.82, 2.24) is 0 Å². The van der Waals surface area contributed by atoms with Gasteiger partial charge in [-0.15, -0.1) is 0 Å². The predicted octanol–water partition coefficient (Wildman–Crippen LogP) is 15.9. The molecule has 0 saturated heterocycles. The van der Waals surface area contributed by atoms with Gasteiger partial charge < -0.3 is 20.1 Å². The van der Waals surface area contributed by atoms with Crippen molar-refractivity contribution in [2.24, 2.45) is 5.73 Å². The van der Waals surface area contributed by atoms with Crippen LogP contribution in [-0.4, -0.2) is 49.9 Å². The fourth-order valence-corrected chi connectivity index (χ4v) is 8.05. The Hall–Kier alpha value is -1.54. The van der Waals surface area contributed by atoms with Gasteiger partial charge in [-0.3, -0.25) is 13.8 Å². The van der Waals surface area contributed by atoms with E-state index in [2.05, 4.69) is 62.5 Å². The molecule has 0 radical (unpaired) electrons. The van der Waals surface area contributed by atoms with Crippen LogP contribution in [-0.2, 0) is 27.9 Å². The number of carbonyl (C=O) groups excluding carboxylic acids is 1. The first-order valence-corrected chi connectivity index (χ1v) is 27.1. The van der Waals surface area contributed by atoms with Crippen molar-refractivity contribution in [1.29, 1.82) is 0 Å². The van der Waals surface area contributed by atoms with Crippen molar-refractivity contribution < 1.29 is 32.8 Å². The second-order valence-corrected chi connectivity index (χ2v) is 18.5. The van der Waals surface area contributed by atoms with Crippen LogP contribution in [0.3, 0.4) is 0 Å². The van der Waals surface area contributed by atoms with Gasteiger partial charge in [0.2, 0.25) is 0 Å². The molecular formula is C52H98NO7P. The molecule has 0 aromatic heterocycles. The summed E-state index contributed by atoms with van der Waals surface area (Å²) >= 11 is 0. The zero-order valence-electron chi connectivity index (χ0n) is 39.9. The smallest absolute Gasteiger partial charge is 0.457 e. The van der Waals surface area contributed by atoms with Crippen molar-refractivity contribution in [2.45, 2.75) is 245 Å². The Morgan fingerprint density at radius 2 is 0.918 bits per heavy atom. The highest BCUT2D eigenvalue weighted by molar-refractivity contribution is 7.47. The maximum atomic E-state index is 12.7. The molecule has 0 saturated carbocycles. The van der Waals surface area contributed by atoms with Crippen LogP contribution in [0.1, 0.15) is 239 Å². The molecule has 61 heavy (non-hydrogen) atoms. The van der Waals surface area contributed by atoms with Gasteiger partial charge in [-0.25, -0.2) is 4.57 Å². The van der Waals surface area contributed by atoms with E-state index in [1.807, 2.05) is 0 Å². The number of nitrogens with two attached hydrogens (primary N) is 1. The number of unbranched alkanes of at least 4 members (excludes halogenated alkanes) is 28. The summed E-state index contributed by atoms with van der Waals surface area (Å²) in [5.74, 6) is -0.329. The number of phosphoric ester groups is 1. The molecule has 0 aromatic rings. The Balaban J connectivity index is 3.94. The average Bonchev–Trinajstić information content (AvgIpc) is 3.25. The van der Waals surface area contributed by atoms with Crippen molar-refractivity contribution in [2.75, 3.05) is 33.0 Å². The number of esters is 1. The molecule has 0 fully saturated rings. The highest BCUT2D eigenvalue weighted by Gasteiger charge is 2.25. The third kappa shape index (κ3) is 49.3. The molecule has 0 amide bonds. The summed E-state index contributed by atoms with van der Waals surface area (Å²) in [5, 5.41) is 0. The molecular weight excluding hydrogens is 782 g/mol. The van der Waals surface area contributed by atoms with Gasteiger partial charge in [0.25, 0.3) is 0 Å². The number of allylic oxidation sites excluding steroid dienone is 8. The van der Waals surface area contributed by atoms with Crippen LogP contribution < -0.4 is 5.73 Å². The number of phosphoric acid groups is 1. The van der Waals surface area contributed by atoms with Gasteiger partial charge in [0.05, 0.1) is 19.8 Å². The molecule has 0 heterocycles. The van der Waals surface area contributed by atoms with E-state index in [1.165, 1.54) is 161 Å². The molecule has 0 aromatic carbocycles. The zero-order chi connectivity index (χ0) is 44.4. The second kappa shape index (κ2) is 49.5. The van der Waals surface area contributed by atoms with Crippen molar-refractivity contribution in [3.8, 4) is 0 Å². The molecule has 358 valence electrons. The largest absolute Gasteiger partial charge is 0.472 e. The molecule has 3 N–H and O–H groups in total. The fourth-order valence-electron chi connectivity index (χ4n) is 7.28. The molecule has 2 atom stereocenters. The van der Waals surface area contributed by atoms with Crippen molar-refractivity contribution >= 4 is 13.8 Å². The van der Waals surface area contributed by atoms with E-state index >= 15 is 0 Å². The fraction of sp³-hybridized carbons (Fsp3) is 0.827. The van der Waals surface area contributed by atoms with Crippen LogP contribution in [0.4, 0.5) is 0 Å². The molecule has 0 aliphatic heterocycles. The Morgan fingerprint density at radius 3 is 1.38 bits per heavy atom. The molecule has 0 spiro atoms. The van der Waals surface area contributed by atoms with Crippen LogP contribution in [0, 0.1) is 0 Å². The number of hydrogen-bond donors (Lipinski definition) is 2. The molecule has 0 aliphatic carbocycles. The normalized spacial score (nSPS) is 13.7. The summed E-state index contributed by atoms with van der Waals surface area (Å²) in [6.45, 7) is 4.84. The van der Waals surface area contributed by atoms with E-state index in [1.54, 1.807) is 0 Å². The molecule has 2 unspecified atom stereocenters. The first-order chi connectivity index (χ1) is 29.9. The van der Waals surface area contributed by atoms with Crippen molar-refractivity contribution in [3.05, 3.63) is 48.6 Å². The predicted molar refractivity (Wildman–Crippen MR) is 261 cm³/mol. The lowest BCUT2D eigenvalue weighted by atomic mass is 10.0. The lowest BCUT2D eigenvalue weighted by Crippen LogP contribution is -2.28. The molecule has 9 heteroatoms. The van der Waals surface area contributed by atoms with E-state index in [0.29, 0.717) is 13.0 Å². The first-order valence-electron chi connectivity index (χ1n) is 25.6. The third-order valence-corrected chi connectivity index (χ3v) is 12.0. The number of carbonyl (C=O) groups is 1. The minimum Gasteiger partial charge on any atom is -0.457 e. The van der Waals surface area contributed by atoms with E-state index < -0.39 is 13.9 Å². The highest BCUT2D eigenvalue weighted by Crippen LogP contribution is 2.43. The van der Waals surface area contributed by atoms with Gasteiger partial charge in [0.15, 0.2) is 0 Å². The minimum atomic E-state index is -4.28. The van der Waals surface area contributed by atoms with Crippen LogP contribution >= 0.6 is 7.82 Å². The number of ether oxygens (including phenoxy) is 2. The van der Waals surface area contributed by atoms with Crippen molar-refractivity contribution in [3.63, 3.8) is 0 Å². The van der Waals surface area contributed by atoms with Gasteiger partial charge in [0.1, 0.15) is 6.10 Å². The summed E-state index contributed by atoms with van der Waals surface area (Å²) < 4.78 is 33.6. The van der Waals surface area contributed by atoms with Gasteiger partial charge in [-0.05, 0) is 51.4 Å². The Bertz CT molecular complexity index is 1080. The lowest BCUT2D eigenvalue weighted by molar-refractivity contribution is -0.154. The van der Waals surface area contributed by atoms with E-state index in [9.17, 15) is 14.3 Å². The van der Waals surface area contributed by atoms with Gasteiger partial charge in [0, 0.05) is 19.6 Å². The number of hydrogen-bond acceptors (Lipinski definition) is 7. The third-order valence-electron chi connectivity index (χ3n) is 11.0. The topological polar surface area (TPSA) is 117 Å². The van der Waals surface area contributed by atoms with Crippen LogP contribution in [0.15, 0.2) is 48.6 Å². The quantitative estimate of drug-likeness (QED) is 0.0269. The van der Waals surface area contributed by atoms with E-state index in [-0.39, 0.29) is 32.3 Å². The summed E-state index contributed by atoms with van der Waals surface area (Å²) in [6, 6.07) is 0. The molecule has 8 nitrogen and oxygen atoms in total. The summed E-state index contributed by atoms with van der Waals surface area (Å²) in [4.78, 5) is 22.6.